The second-order valence-corrected chi connectivity index (χ2v) is 7.52. The number of amides is 1. The summed E-state index contributed by atoms with van der Waals surface area (Å²) in [7, 11) is 0. The Morgan fingerprint density at radius 1 is 1.42 bits per heavy atom. The summed E-state index contributed by atoms with van der Waals surface area (Å²) >= 11 is 9.33. The lowest BCUT2D eigenvalue weighted by Gasteiger charge is -2.27. The Hall–Kier alpha value is -0.540. The average Bonchev–Trinajstić information content (AvgIpc) is 2.76. The molecule has 0 spiro atoms. The van der Waals surface area contributed by atoms with E-state index in [4.69, 9.17) is 11.6 Å². The number of likely N-dealkylation sites (tertiary alicyclic amines) is 1. The maximum Gasteiger partial charge on any atom is 0.255 e. The van der Waals surface area contributed by atoms with Crippen LogP contribution < -0.4 is 0 Å². The fourth-order valence-corrected chi connectivity index (χ4v) is 3.34. The molecule has 1 amide bonds. The minimum atomic E-state index is 0.0929. The van der Waals surface area contributed by atoms with Gasteiger partial charge in [-0.15, -0.1) is 0 Å². The zero-order valence-electron chi connectivity index (χ0n) is 11.5. The number of rotatable bonds is 1. The molecule has 0 bridgehead atoms. The quantitative estimate of drug-likeness (QED) is 0.728. The maximum absolute atomic E-state index is 12.5. The summed E-state index contributed by atoms with van der Waals surface area (Å²) in [4.78, 5) is 14.5. The highest BCUT2D eigenvalue weighted by atomic mass is 79.9. The van der Waals surface area contributed by atoms with E-state index in [1.165, 1.54) is 0 Å². The third-order valence-electron chi connectivity index (χ3n) is 3.86. The van der Waals surface area contributed by atoms with Crippen LogP contribution in [-0.4, -0.2) is 23.9 Å². The van der Waals surface area contributed by atoms with Gasteiger partial charge in [0.2, 0.25) is 0 Å². The van der Waals surface area contributed by atoms with Crippen LogP contribution in [0.2, 0.25) is 5.02 Å². The van der Waals surface area contributed by atoms with E-state index in [9.17, 15) is 4.79 Å². The van der Waals surface area contributed by atoms with Gasteiger partial charge in [-0.2, -0.15) is 0 Å². The maximum atomic E-state index is 12.5. The summed E-state index contributed by atoms with van der Waals surface area (Å²) in [5.74, 6) is 0.665. The molecule has 0 aromatic heterocycles. The van der Waals surface area contributed by atoms with Crippen molar-refractivity contribution in [2.24, 2.45) is 11.3 Å². The first-order valence-electron chi connectivity index (χ1n) is 6.53. The van der Waals surface area contributed by atoms with Crippen LogP contribution in [0.5, 0.6) is 0 Å². The predicted octanol–water partition coefficient (Wildman–Crippen LogP) is 4.61. The number of carbonyl (C=O) groups is 1. The number of halogens is 2. The van der Waals surface area contributed by atoms with Crippen molar-refractivity contribution >= 4 is 33.4 Å². The van der Waals surface area contributed by atoms with Crippen LogP contribution in [0.4, 0.5) is 0 Å². The van der Waals surface area contributed by atoms with Gasteiger partial charge in [-0.3, -0.25) is 4.79 Å². The Balaban J connectivity index is 2.14. The van der Waals surface area contributed by atoms with E-state index in [0.717, 1.165) is 24.0 Å². The van der Waals surface area contributed by atoms with Crippen LogP contribution in [0.25, 0.3) is 0 Å². The van der Waals surface area contributed by atoms with Crippen molar-refractivity contribution in [1.82, 2.24) is 4.90 Å². The fourth-order valence-electron chi connectivity index (χ4n) is 2.48. The molecule has 2 nitrogen and oxygen atoms in total. The van der Waals surface area contributed by atoms with Gasteiger partial charge in [-0.05, 0) is 51.9 Å². The number of benzene rings is 1. The third-order valence-corrected chi connectivity index (χ3v) is 4.75. The fraction of sp³-hybridized carbons (Fsp3) is 0.533. The summed E-state index contributed by atoms with van der Waals surface area (Å²) in [5, 5.41) is 0.636. The van der Waals surface area contributed by atoms with E-state index in [1.54, 1.807) is 18.2 Å². The molecule has 0 N–H and O–H groups in total. The van der Waals surface area contributed by atoms with E-state index in [2.05, 4.69) is 36.7 Å². The summed E-state index contributed by atoms with van der Waals surface area (Å²) in [6.07, 6.45) is 1.08. The zero-order valence-corrected chi connectivity index (χ0v) is 13.9. The molecule has 0 saturated carbocycles. The van der Waals surface area contributed by atoms with Gasteiger partial charge in [0.05, 0.1) is 5.56 Å². The summed E-state index contributed by atoms with van der Waals surface area (Å²) in [5.41, 5.74) is 0.950. The van der Waals surface area contributed by atoms with Crippen molar-refractivity contribution in [1.29, 1.82) is 0 Å². The van der Waals surface area contributed by atoms with Crippen molar-refractivity contribution < 1.29 is 4.79 Å². The number of carbonyl (C=O) groups excluding carboxylic acids is 1. The lowest BCUT2D eigenvalue weighted by molar-refractivity contribution is 0.0775. The second kappa shape index (κ2) is 5.45. The van der Waals surface area contributed by atoms with E-state index < -0.39 is 0 Å². The Morgan fingerprint density at radius 3 is 2.63 bits per heavy atom. The van der Waals surface area contributed by atoms with Crippen LogP contribution >= 0.6 is 27.5 Å². The molecule has 0 aliphatic carbocycles. The van der Waals surface area contributed by atoms with Crippen LogP contribution in [0.3, 0.4) is 0 Å². The highest BCUT2D eigenvalue weighted by Crippen LogP contribution is 2.34. The van der Waals surface area contributed by atoms with Gasteiger partial charge in [0, 0.05) is 22.6 Å². The molecule has 19 heavy (non-hydrogen) atoms. The lowest BCUT2D eigenvalue weighted by atomic mass is 9.80. The molecule has 1 fully saturated rings. The highest BCUT2D eigenvalue weighted by Gasteiger charge is 2.34. The van der Waals surface area contributed by atoms with Gasteiger partial charge in [0.15, 0.2) is 0 Å². The molecule has 1 aromatic rings. The Labute approximate surface area is 128 Å². The van der Waals surface area contributed by atoms with Gasteiger partial charge in [0.1, 0.15) is 0 Å². The average molecular weight is 345 g/mol. The van der Waals surface area contributed by atoms with E-state index >= 15 is 0 Å². The van der Waals surface area contributed by atoms with Gasteiger partial charge in [-0.25, -0.2) is 0 Å². The minimum absolute atomic E-state index is 0.0929. The normalized spacial score (nSPS) is 19.8. The number of hydrogen-bond donors (Lipinski definition) is 0. The van der Waals surface area contributed by atoms with Crippen LogP contribution in [0.1, 0.15) is 37.6 Å². The minimum Gasteiger partial charge on any atom is -0.338 e. The Bertz CT molecular complexity index is 495. The first-order chi connectivity index (χ1) is 8.79. The van der Waals surface area contributed by atoms with Crippen molar-refractivity contribution in [3.8, 4) is 0 Å². The topological polar surface area (TPSA) is 20.3 Å². The van der Waals surface area contributed by atoms with Crippen molar-refractivity contribution in [2.75, 3.05) is 13.1 Å². The monoisotopic (exact) mass is 343 g/mol. The molecule has 1 saturated heterocycles. The van der Waals surface area contributed by atoms with Crippen molar-refractivity contribution in [3.05, 3.63) is 33.3 Å². The Morgan fingerprint density at radius 2 is 2.11 bits per heavy atom. The smallest absolute Gasteiger partial charge is 0.255 e. The van der Waals surface area contributed by atoms with Gasteiger partial charge >= 0.3 is 0 Å². The number of nitrogens with zero attached hydrogens (tertiary/aromatic N) is 1. The Kier molecular flexibility index (Phi) is 4.26. The molecule has 0 radical (unpaired) electrons. The second-order valence-electron chi connectivity index (χ2n) is 6.23. The number of hydrogen-bond acceptors (Lipinski definition) is 1. The lowest BCUT2D eigenvalue weighted by Crippen LogP contribution is -2.31. The van der Waals surface area contributed by atoms with E-state index in [-0.39, 0.29) is 11.3 Å². The molecule has 2 rings (SSSR count). The van der Waals surface area contributed by atoms with E-state index in [0.29, 0.717) is 16.5 Å². The van der Waals surface area contributed by atoms with Crippen molar-refractivity contribution in [2.45, 2.75) is 27.2 Å². The van der Waals surface area contributed by atoms with Crippen LogP contribution in [-0.2, 0) is 0 Å². The molecule has 1 aliphatic rings. The molecule has 1 atom stereocenters. The zero-order chi connectivity index (χ0) is 14.2. The molecule has 104 valence electrons. The predicted molar refractivity (Wildman–Crippen MR) is 82.6 cm³/mol. The molecule has 1 unspecified atom stereocenters. The highest BCUT2D eigenvalue weighted by molar-refractivity contribution is 9.10. The molecule has 1 aromatic carbocycles. The van der Waals surface area contributed by atoms with Gasteiger partial charge < -0.3 is 4.90 Å². The van der Waals surface area contributed by atoms with E-state index in [1.807, 2.05) is 4.90 Å². The molecule has 1 aliphatic heterocycles. The molecular weight excluding hydrogens is 326 g/mol. The standard InChI is InChI=1S/C15H19BrClNO/c1-15(2,3)10-6-7-18(9-10)14(19)12-5-4-11(17)8-13(12)16/h4-5,8,10H,6-7,9H2,1-3H3. The van der Waals surface area contributed by atoms with Crippen molar-refractivity contribution in [3.63, 3.8) is 0 Å². The summed E-state index contributed by atoms with van der Waals surface area (Å²) in [6.45, 7) is 8.41. The SMILES string of the molecule is CC(C)(C)C1CCN(C(=O)c2ccc(Cl)cc2Br)C1. The summed E-state index contributed by atoms with van der Waals surface area (Å²) in [6, 6.07) is 5.32. The first kappa shape index (κ1) is 14.9. The largest absolute Gasteiger partial charge is 0.338 e. The molecule has 4 heteroatoms. The molecular formula is C15H19BrClNO. The third kappa shape index (κ3) is 3.32. The molecule has 1 heterocycles. The van der Waals surface area contributed by atoms with Gasteiger partial charge in [0.25, 0.3) is 5.91 Å². The van der Waals surface area contributed by atoms with Crippen LogP contribution in [0, 0.1) is 11.3 Å². The first-order valence-corrected chi connectivity index (χ1v) is 7.70. The summed E-state index contributed by atoms with van der Waals surface area (Å²) < 4.78 is 0.768. The van der Waals surface area contributed by atoms with Gasteiger partial charge in [-0.1, -0.05) is 32.4 Å². The van der Waals surface area contributed by atoms with Crippen LogP contribution in [0.15, 0.2) is 22.7 Å².